The van der Waals surface area contributed by atoms with Crippen LogP contribution in [0.4, 0.5) is 0 Å². The van der Waals surface area contributed by atoms with Crippen LogP contribution in [0.15, 0.2) is 35.2 Å². The number of imidazole rings is 1. The molecule has 0 aliphatic carbocycles. The Morgan fingerprint density at radius 2 is 2.07 bits per heavy atom. The summed E-state index contributed by atoms with van der Waals surface area (Å²) in [6.07, 6.45) is 3.86. The SMILES string of the molecule is Cc1cn(-c2ccc(Br)cc2C)cn1. The molecule has 2 nitrogen and oxygen atoms in total. The molecule has 0 amide bonds. The van der Waals surface area contributed by atoms with Gasteiger partial charge in [-0.2, -0.15) is 0 Å². The van der Waals surface area contributed by atoms with Gasteiger partial charge in [-0.25, -0.2) is 4.98 Å². The zero-order valence-electron chi connectivity index (χ0n) is 8.16. The first-order valence-electron chi connectivity index (χ1n) is 4.44. The molecule has 3 heteroatoms. The molecule has 1 heterocycles. The summed E-state index contributed by atoms with van der Waals surface area (Å²) in [5.74, 6) is 0. The van der Waals surface area contributed by atoms with Crippen molar-refractivity contribution in [2.24, 2.45) is 0 Å². The monoisotopic (exact) mass is 250 g/mol. The smallest absolute Gasteiger partial charge is 0.0995 e. The van der Waals surface area contributed by atoms with Gasteiger partial charge in [0.1, 0.15) is 0 Å². The van der Waals surface area contributed by atoms with Gasteiger partial charge in [0.15, 0.2) is 0 Å². The maximum atomic E-state index is 4.21. The Hall–Kier alpha value is -1.09. The number of rotatable bonds is 1. The predicted octanol–water partition coefficient (Wildman–Crippen LogP) is 3.25. The molecule has 2 rings (SSSR count). The van der Waals surface area contributed by atoms with Crippen molar-refractivity contribution in [1.82, 2.24) is 9.55 Å². The van der Waals surface area contributed by atoms with Gasteiger partial charge in [0.05, 0.1) is 12.0 Å². The van der Waals surface area contributed by atoms with E-state index in [1.54, 1.807) is 0 Å². The van der Waals surface area contributed by atoms with E-state index in [2.05, 4.69) is 40.0 Å². The molecule has 0 fully saturated rings. The lowest BCUT2D eigenvalue weighted by atomic mass is 10.2. The minimum absolute atomic E-state index is 1.03. The van der Waals surface area contributed by atoms with Crippen molar-refractivity contribution < 1.29 is 0 Å². The third-order valence-corrected chi connectivity index (χ3v) is 2.64. The first-order valence-corrected chi connectivity index (χ1v) is 5.23. The fraction of sp³-hybridized carbons (Fsp3) is 0.182. The van der Waals surface area contributed by atoms with Gasteiger partial charge in [0.2, 0.25) is 0 Å². The second kappa shape index (κ2) is 3.58. The second-order valence-electron chi connectivity index (χ2n) is 3.35. The summed E-state index contributed by atoms with van der Waals surface area (Å²) in [5.41, 5.74) is 3.44. The lowest BCUT2D eigenvalue weighted by Crippen LogP contribution is -1.93. The van der Waals surface area contributed by atoms with E-state index in [-0.39, 0.29) is 0 Å². The Balaban J connectivity index is 2.52. The first-order chi connectivity index (χ1) is 6.66. The summed E-state index contributed by atoms with van der Waals surface area (Å²) < 4.78 is 3.15. The summed E-state index contributed by atoms with van der Waals surface area (Å²) in [5, 5.41) is 0. The highest BCUT2D eigenvalue weighted by Gasteiger charge is 2.01. The Morgan fingerprint density at radius 3 is 2.64 bits per heavy atom. The van der Waals surface area contributed by atoms with Crippen molar-refractivity contribution >= 4 is 15.9 Å². The Bertz CT molecular complexity index is 460. The summed E-state index contributed by atoms with van der Waals surface area (Å²) >= 11 is 3.45. The lowest BCUT2D eigenvalue weighted by Gasteiger charge is -2.06. The van der Waals surface area contributed by atoms with Crippen molar-refractivity contribution in [3.63, 3.8) is 0 Å². The van der Waals surface area contributed by atoms with Crippen LogP contribution in [-0.4, -0.2) is 9.55 Å². The molecule has 0 saturated heterocycles. The Kier molecular flexibility index (Phi) is 2.42. The standard InChI is InChI=1S/C11H11BrN2/c1-8-5-10(12)3-4-11(8)14-6-9(2)13-7-14/h3-7H,1-2H3. The minimum Gasteiger partial charge on any atom is -0.306 e. The summed E-state index contributed by atoms with van der Waals surface area (Å²) in [4.78, 5) is 4.21. The summed E-state index contributed by atoms with van der Waals surface area (Å²) in [6.45, 7) is 4.08. The number of halogens is 1. The molecule has 0 aliphatic heterocycles. The molecule has 1 aromatic carbocycles. The van der Waals surface area contributed by atoms with Crippen molar-refractivity contribution in [2.75, 3.05) is 0 Å². The summed E-state index contributed by atoms with van der Waals surface area (Å²) in [6, 6.07) is 6.23. The number of benzene rings is 1. The van der Waals surface area contributed by atoms with Crippen LogP contribution in [0, 0.1) is 13.8 Å². The predicted molar refractivity (Wildman–Crippen MR) is 60.7 cm³/mol. The second-order valence-corrected chi connectivity index (χ2v) is 4.27. The van der Waals surface area contributed by atoms with Gasteiger partial charge in [0, 0.05) is 16.4 Å². The van der Waals surface area contributed by atoms with Crippen LogP contribution in [0.2, 0.25) is 0 Å². The topological polar surface area (TPSA) is 17.8 Å². The van der Waals surface area contributed by atoms with Crippen molar-refractivity contribution in [3.05, 3.63) is 46.5 Å². The molecule has 0 saturated carbocycles. The maximum Gasteiger partial charge on any atom is 0.0995 e. The van der Waals surface area contributed by atoms with Crippen molar-refractivity contribution in [3.8, 4) is 5.69 Å². The van der Waals surface area contributed by atoms with Gasteiger partial charge in [-0.15, -0.1) is 0 Å². The quantitative estimate of drug-likeness (QED) is 0.760. The molecule has 0 aliphatic rings. The Labute approximate surface area is 91.7 Å². The van der Waals surface area contributed by atoms with Gasteiger partial charge < -0.3 is 4.57 Å². The van der Waals surface area contributed by atoms with Crippen LogP contribution >= 0.6 is 15.9 Å². The molecule has 0 bridgehead atoms. The molecule has 0 spiro atoms. The fourth-order valence-corrected chi connectivity index (χ4v) is 1.94. The summed E-state index contributed by atoms with van der Waals surface area (Å²) in [7, 11) is 0. The number of aryl methyl sites for hydroxylation is 2. The zero-order valence-corrected chi connectivity index (χ0v) is 9.75. The van der Waals surface area contributed by atoms with Gasteiger partial charge in [-0.3, -0.25) is 0 Å². The molecule has 72 valence electrons. The minimum atomic E-state index is 1.03. The third kappa shape index (κ3) is 1.73. The van der Waals surface area contributed by atoms with E-state index in [4.69, 9.17) is 0 Å². The maximum absolute atomic E-state index is 4.21. The lowest BCUT2D eigenvalue weighted by molar-refractivity contribution is 1.04. The third-order valence-electron chi connectivity index (χ3n) is 2.15. The van der Waals surface area contributed by atoms with Crippen LogP contribution in [-0.2, 0) is 0 Å². The number of aromatic nitrogens is 2. The van der Waals surface area contributed by atoms with Crippen molar-refractivity contribution in [2.45, 2.75) is 13.8 Å². The molecular weight excluding hydrogens is 240 g/mol. The van der Waals surface area contributed by atoms with Gasteiger partial charge in [-0.05, 0) is 37.6 Å². The van der Waals surface area contributed by atoms with Crippen LogP contribution in [0.5, 0.6) is 0 Å². The molecule has 0 atom stereocenters. The molecular formula is C11H11BrN2. The average Bonchev–Trinajstić information content (AvgIpc) is 2.51. The molecule has 0 unspecified atom stereocenters. The van der Waals surface area contributed by atoms with E-state index in [0.29, 0.717) is 0 Å². The van der Waals surface area contributed by atoms with E-state index in [1.807, 2.05) is 30.1 Å². The van der Waals surface area contributed by atoms with E-state index in [9.17, 15) is 0 Å². The van der Waals surface area contributed by atoms with Gasteiger partial charge in [0.25, 0.3) is 0 Å². The molecule has 14 heavy (non-hydrogen) atoms. The van der Waals surface area contributed by atoms with E-state index < -0.39 is 0 Å². The molecule has 2 aromatic rings. The van der Waals surface area contributed by atoms with E-state index in [0.717, 1.165) is 10.2 Å². The van der Waals surface area contributed by atoms with Gasteiger partial charge in [-0.1, -0.05) is 15.9 Å². The van der Waals surface area contributed by atoms with Gasteiger partial charge >= 0.3 is 0 Å². The first kappa shape index (κ1) is 9.46. The normalized spacial score (nSPS) is 10.5. The van der Waals surface area contributed by atoms with E-state index >= 15 is 0 Å². The van der Waals surface area contributed by atoms with Crippen LogP contribution in [0.25, 0.3) is 5.69 Å². The van der Waals surface area contributed by atoms with Crippen LogP contribution in [0.1, 0.15) is 11.3 Å². The molecule has 1 aromatic heterocycles. The van der Waals surface area contributed by atoms with Crippen molar-refractivity contribution in [1.29, 1.82) is 0 Å². The molecule has 0 radical (unpaired) electrons. The number of hydrogen-bond donors (Lipinski definition) is 0. The number of nitrogens with zero attached hydrogens (tertiary/aromatic N) is 2. The largest absolute Gasteiger partial charge is 0.306 e. The number of hydrogen-bond acceptors (Lipinski definition) is 1. The van der Waals surface area contributed by atoms with Crippen LogP contribution < -0.4 is 0 Å². The molecule has 0 N–H and O–H groups in total. The highest BCUT2D eigenvalue weighted by Crippen LogP contribution is 2.19. The van der Waals surface area contributed by atoms with Crippen LogP contribution in [0.3, 0.4) is 0 Å². The van der Waals surface area contributed by atoms with E-state index in [1.165, 1.54) is 11.3 Å². The average molecular weight is 251 g/mol. The fourth-order valence-electron chi connectivity index (χ4n) is 1.46. The zero-order chi connectivity index (χ0) is 10.1. The Morgan fingerprint density at radius 1 is 1.29 bits per heavy atom. The highest BCUT2D eigenvalue weighted by molar-refractivity contribution is 9.10. The highest BCUT2D eigenvalue weighted by atomic mass is 79.9.